The van der Waals surface area contributed by atoms with E-state index in [-0.39, 0.29) is 23.3 Å². The molecular formula is C17H26N4O4S. The number of urea groups is 1. The van der Waals surface area contributed by atoms with E-state index in [2.05, 4.69) is 20.9 Å². The Hall–Kier alpha value is -2.16. The maximum Gasteiger partial charge on any atom is 0.315 e. The number of nitrogens with zero attached hydrogens (tertiary/aromatic N) is 1. The van der Waals surface area contributed by atoms with Crippen LogP contribution in [-0.2, 0) is 21.2 Å². The third kappa shape index (κ3) is 5.98. The fourth-order valence-corrected chi connectivity index (χ4v) is 4.45. The van der Waals surface area contributed by atoms with Gasteiger partial charge in [-0.2, -0.15) is 0 Å². The number of rotatable bonds is 7. The molecule has 1 aliphatic rings. The molecule has 1 fully saturated rings. The quantitative estimate of drug-likeness (QED) is 0.638. The molecule has 1 aromatic rings. The molecule has 1 saturated heterocycles. The summed E-state index contributed by atoms with van der Waals surface area (Å²) >= 11 is 0. The number of nitrogens with one attached hydrogen (secondary N) is 3. The van der Waals surface area contributed by atoms with Gasteiger partial charge in [0.1, 0.15) is 6.04 Å². The van der Waals surface area contributed by atoms with E-state index in [1.54, 1.807) is 24.5 Å². The molecule has 3 atom stereocenters. The standard InChI is InChI=1S/C17H26N4O4S/c1-3-12(2)15(16(22)19-10-13-4-7-18-8-5-13)21-17(23)20-14-6-9-26(24,25)11-14/h4-5,7-8,12,14-15H,3,6,9-11H2,1-2H3,(H,19,22)(H2,20,21,23)/t12-,14?,15+/m1/s1. The fourth-order valence-electron chi connectivity index (χ4n) is 2.78. The largest absolute Gasteiger partial charge is 0.350 e. The minimum atomic E-state index is -3.07. The zero-order valence-corrected chi connectivity index (χ0v) is 15.9. The summed E-state index contributed by atoms with van der Waals surface area (Å²) in [6.45, 7) is 4.17. The number of pyridine rings is 1. The highest BCUT2D eigenvalue weighted by Gasteiger charge is 2.31. The van der Waals surface area contributed by atoms with Gasteiger partial charge in [0.25, 0.3) is 0 Å². The van der Waals surface area contributed by atoms with E-state index in [0.717, 1.165) is 5.56 Å². The van der Waals surface area contributed by atoms with Crippen LogP contribution in [0.4, 0.5) is 4.79 Å². The molecule has 1 aliphatic heterocycles. The van der Waals surface area contributed by atoms with E-state index >= 15 is 0 Å². The Labute approximate surface area is 154 Å². The van der Waals surface area contributed by atoms with Gasteiger partial charge in [0.15, 0.2) is 9.84 Å². The second-order valence-corrected chi connectivity index (χ2v) is 8.88. The lowest BCUT2D eigenvalue weighted by molar-refractivity contribution is -0.124. The molecule has 2 heterocycles. The van der Waals surface area contributed by atoms with Crippen molar-refractivity contribution in [3.63, 3.8) is 0 Å². The predicted molar refractivity (Wildman–Crippen MR) is 98.1 cm³/mol. The van der Waals surface area contributed by atoms with Crippen molar-refractivity contribution in [3.05, 3.63) is 30.1 Å². The maximum absolute atomic E-state index is 12.5. The topological polar surface area (TPSA) is 117 Å². The summed E-state index contributed by atoms with van der Waals surface area (Å²) in [6, 6.07) is 1.99. The van der Waals surface area contributed by atoms with Gasteiger partial charge >= 0.3 is 6.03 Å². The van der Waals surface area contributed by atoms with Gasteiger partial charge in [0, 0.05) is 25.0 Å². The van der Waals surface area contributed by atoms with E-state index in [1.807, 2.05) is 13.8 Å². The molecule has 8 nitrogen and oxygen atoms in total. The maximum atomic E-state index is 12.5. The molecule has 3 amide bonds. The van der Waals surface area contributed by atoms with Crippen LogP contribution in [0.2, 0.25) is 0 Å². The van der Waals surface area contributed by atoms with Gasteiger partial charge in [0.05, 0.1) is 11.5 Å². The molecule has 26 heavy (non-hydrogen) atoms. The van der Waals surface area contributed by atoms with Crippen molar-refractivity contribution in [2.75, 3.05) is 11.5 Å². The van der Waals surface area contributed by atoms with Gasteiger partial charge in [-0.15, -0.1) is 0 Å². The Morgan fingerprint density at radius 2 is 2.00 bits per heavy atom. The summed E-state index contributed by atoms with van der Waals surface area (Å²) in [5.74, 6) is -0.308. The third-order valence-corrected chi connectivity index (χ3v) is 6.33. The molecule has 3 N–H and O–H groups in total. The number of hydrogen-bond acceptors (Lipinski definition) is 5. The Morgan fingerprint density at radius 1 is 1.31 bits per heavy atom. The van der Waals surface area contributed by atoms with Crippen LogP contribution in [0.5, 0.6) is 0 Å². The minimum Gasteiger partial charge on any atom is -0.350 e. The lowest BCUT2D eigenvalue weighted by atomic mass is 9.98. The van der Waals surface area contributed by atoms with Crippen LogP contribution in [0.15, 0.2) is 24.5 Å². The number of amides is 3. The van der Waals surface area contributed by atoms with E-state index < -0.39 is 28.0 Å². The summed E-state index contributed by atoms with van der Waals surface area (Å²) in [7, 11) is -3.07. The second-order valence-electron chi connectivity index (χ2n) is 6.65. The molecule has 1 unspecified atom stereocenters. The van der Waals surface area contributed by atoms with Gasteiger partial charge in [-0.3, -0.25) is 9.78 Å². The molecule has 0 aromatic carbocycles. The number of aromatic nitrogens is 1. The van der Waals surface area contributed by atoms with E-state index in [4.69, 9.17) is 0 Å². The van der Waals surface area contributed by atoms with Crippen LogP contribution in [0.25, 0.3) is 0 Å². The number of hydrogen-bond donors (Lipinski definition) is 3. The van der Waals surface area contributed by atoms with Gasteiger partial charge in [-0.05, 0) is 30.0 Å². The number of carbonyl (C=O) groups is 2. The van der Waals surface area contributed by atoms with Crippen LogP contribution in [0.3, 0.4) is 0 Å². The molecule has 0 spiro atoms. The lowest BCUT2D eigenvalue weighted by Gasteiger charge is -2.24. The van der Waals surface area contributed by atoms with Gasteiger partial charge in [-0.25, -0.2) is 13.2 Å². The van der Waals surface area contributed by atoms with Gasteiger partial charge in [0.2, 0.25) is 5.91 Å². The van der Waals surface area contributed by atoms with E-state index in [0.29, 0.717) is 19.4 Å². The fraction of sp³-hybridized carbons (Fsp3) is 0.588. The van der Waals surface area contributed by atoms with Crippen LogP contribution in [0.1, 0.15) is 32.3 Å². The molecule has 1 aromatic heterocycles. The monoisotopic (exact) mass is 382 g/mol. The highest BCUT2D eigenvalue weighted by atomic mass is 32.2. The van der Waals surface area contributed by atoms with Crippen molar-refractivity contribution in [2.45, 2.75) is 45.3 Å². The van der Waals surface area contributed by atoms with Crippen molar-refractivity contribution in [3.8, 4) is 0 Å². The Bertz CT molecular complexity index is 724. The van der Waals surface area contributed by atoms with E-state index in [1.165, 1.54) is 0 Å². The molecule has 0 radical (unpaired) electrons. The number of sulfone groups is 1. The zero-order valence-electron chi connectivity index (χ0n) is 15.1. The molecule has 9 heteroatoms. The summed E-state index contributed by atoms with van der Waals surface area (Å²) in [5.41, 5.74) is 0.914. The predicted octanol–water partition coefficient (Wildman–Crippen LogP) is 0.599. The Morgan fingerprint density at radius 3 is 2.58 bits per heavy atom. The number of carbonyl (C=O) groups excluding carboxylic acids is 2. The Kier molecular flexibility index (Phi) is 6.96. The summed E-state index contributed by atoms with van der Waals surface area (Å²) in [6.07, 6.45) is 4.41. The summed E-state index contributed by atoms with van der Waals surface area (Å²) in [4.78, 5) is 28.7. The van der Waals surface area contributed by atoms with Crippen LogP contribution in [-0.4, -0.2) is 48.9 Å². The van der Waals surface area contributed by atoms with Gasteiger partial charge < -0.3 is 16.0 Å². The molecule has 0 aliphatic carbocycles. The van der Waals surface area contributed by atoms with Crippen LogP contribution >= 0.6 is 0 Å². The highest BCUT2D eigenvalue weighted by Crippen LogP contribution is 2.12. The normalized spacial score (nSPS) is 20.8. The first-order valence-corrected chi connectivity index (χ1v) is 10.6. The van der Waals surface area contributed by atoms with Crippen molar-refractivity contribution < 1.29 is 18.0 Å². The van der Waals surface area contributed by atoms with Crippen molar-refractivity contribution in [1.82, 2.24) is 20.9 Å². The average Bonchev–Trinajstić information content (AvgIpc) is 2.96. The zero-order chi connectivity index (χ0) is 19.2. The molecule has 0 saturated carbocycles. The van der Waals surface area contributed by atoms with Crippen molar-refractivity contribution >= 4 is 21.8 Å². The molecular weight excluding hydrogens is 356 g/mol. The van der Waals surface area contributed by atoms with Gasteiger partial charge in [-0.1, -0.05) is 20.3 Å². The SMILES string of the molecule is CC[C@@H](C)[C@H](NC(=O)NC1CCS(=O)(=O)C1)C(=O)NCc1ccncc1. The van der Waals surface area contributed by atoms with Crippen molar-refractivity contribution in [2.24, 2.45) is 5.92 Å². The average molecular weight is 382 g/mol. The minimum absolute atomic E-state index is 0.0529. The van der Waals surface area contributed by atoms with Crippen molar-refractivity contribution in [1.29, 1.82) is 0 Å². The first kappa shape index (κ1) is 20.2. The molecule has 2 rings (SSSR count). The first-order chi connectivity index (χ1) is 12.3. The van der Waals surface area contributed by atoms with Crippen LogP contribution < -0.4 is 16.0 Å². The van der Waals surface area contributed by atoms with Crippen LogP contribution in [0, 0.1) is 5.92 Å². The second kappa shape index (κ2) is 8.98. The lowest BCUT2D eigenvalue weighted by Crippen LogP contribution is -2.54. The smallest absolute Gasteiger partial charge is 0.315 e. The molecule has 144 valence electrons. The summed E-state index contributed by atoms with van der Waals surface area (Å²) < 4.78 is 23.0. The summed E-state index contributed by atoms with van der Waals surface area (Å²) in [5, 5.41) is 8.17. The first-order valence-electron chi connectivity index (χ1n) is 8.75. The highest BCUT2D eigenvalue weighted by molar-refractivity contribution is 7.91. The Balaban J connectivity index is 1.91. The third-order valence-electron chi connectivity index (χ3n) is 4.57. The molecule has 0 bridgehead atoms. The van der Waals surface area contributed by atoms with E-state index in [9.17, 15) is 18.0 Å².